The summed E-state index contributed by atoms with van der Waals surface area (Å²) in [6.45, 7) is 4.49. The van der Waals surface area contributed by atoms with Gasteiger partial charge < -0.3 is 24.6 Å². The maximum atomic E-state index is 17.0. The lowest BCUT2D eigenvalue weighted by Crippen LogP contribution is -2.65. The summed E-state index contributed by atoms with van der Waals surface area (Å²) in [6.07, 6.45) is 8.74. The fraction of sp³-hybridized carbons (Fsp3) is 0.564. The van der Waals surface area contributed by atoms with Crippen molar-refractivity contribution in [3.8, 4) is 23.0 Å². The topological polar surface area (TPSA) is 121 Å². The second-order valence-electron chi connectivity index (χ2n) is 15.8. The molecule has 3 atom stereocenters. The number of aromatic hydroxyl groups is 1. The number of piperidine rings is 1. The Balaban J connectivity index is 1.09. The fourth-order valence-corrected chi connectivity index (χ4v) is 11.9. The number of β-amino-alcohol motifs (C(OH)–C–C–N with tert-alkyl or cyclic N) is 1. The van der Waals surface area contributed by atoms with Crippen LogP contribution in [0.3, 0.4) is 0 Å². The van der Waals surface area contributed by atoms with Gasteiger partial charge in [0, 0.05) is 64.7 Å². The van der Waals surface area contributed by atoms with Crippen LogP contribution in [0.1, 0.15) is 57.4 Å². The van der Waals surface area contributed by atoms with E-state index in [0.29, 0.717) is 71.2 Å². The van der Waals surface area contributed by atoms with Crippen molar-refractivity contribution in [2.45, 2.75) is 76.5 Å². The van der Waals surface area contributed by atoms with Gasteiger partial charge in [-0.2, -0.15) is 9.97 Å². The van der Waals surface area contributed by atoms with Gasteiger partial charge in [0.2, 0.25) is 0 Å². The SMILES string of the molecule is CCc1c(F)ccc2cc(O)cc(-c3ncc4c(N5CCOCC(O)C5)nc(OCC56CCCC5N(C5CC7(C5)CS(=O)C7)CCC6)nc4c3F)c12. The molecule has 10 nitrogen and oxygen atoms in total. The molecule has 52 heavy (non-hydrogen) atoms. The summed E-state index contributed by atoms with van der Waals surface area (Å²) in [5, 5.41) is 22.7. The highest BCUT2D eigenvalue weighted by atomic mass is 32.2. The van der Waals surface area contributed by atoms with Gasteiger partial charge in [-0.25, -0.2) is 8.78 Å². The van der Waals surface area contributed by atoms with E-state index in [1.165, 1.54) is 24.4 Å². The van der Waals surface area contributed by atoms with Crippen molar-refractivity contribution in [2.75, 3.05) is 55.9 Å². The average molecular weight is 734 g/mol. The lowest BCUT2D eigenvalue weighted by atomic mass is 9.64. The quantitative estimate of drug-likeness (QED) is 0.252. The number of fused-ring (bicyclic) bond motifs is 3. The van der Waals surface area contributed by atoms with Crippen molar-refractivity contribution < 1.29 is 32.7 Å². The molecule has 5 fully saturated rings. The minimum absolute atomic E-state index is 0.000931. The van der Waals surface area contributed by atoms with Gasteiger partial charge in [0.1, 0.15) is 28.6 Å². The molecule has 0 bridgehead atoms. The van der Waals surface area contributed by atoms with Gasteiger partial charge >= 0.3 is 6.01 Å². The number of hydrogen-bond acceptors (Lipinski definition) is 10. The standard InChI is InChI=1S/C39H45F2N5O5S/c1-2-27-30(40)7-6-23-13-25(47)14-28(32(23)27)34-33(41)35-29(17-42-34)36(45-11-12-50-19-26(48)18-45)44-37(43-35)51-20-39-8-3-5-31(39)46(10-4-9-39)24-15-38(16-24)21-52(49)22-38/h6-7,13-14,17,24,26,31,47-48H,2-5,8-12,15-16,18-22H2,1H3. The van der Waals surface area contributed by atoms with E-state index >= 15 is 8.78 Å². The van der Waals surface area contributed by atoms with Gasteiger partial charge in [0.25, 0.3) is 0 Å². The zero-order chi connectivity index (χ0) is 35.8. The van der Waals surface area contributed by atoms with Crippen LogP contribution < -0.4 is 9.64 Å². The lowest BCUT2D eigenvalue weighted by molar-refractivity contribution is -0.0719. The average Bonchev–Trinajstić information content (AvgIpc) is 3.42. The predicted octanol–water partition coefficient (Wildman–Crippen LogP) is 5.51. The van der Waals surface area contributed by atoms with Crippen LogP contribution in [0.15, 0.2) is 30.5 Å². The number of halogens is 2. The molecule has 0 radical (unpaired) electrons. The molecule has 0 amide bonds. The smallest absolute Gasteiger partial charge is 0.319 e. The monoisotopic (exact) mass is 733 g/mol. The van der Waals surface area contributed by atoms with Crippen LogP contribution in [0.4, 0.5) is 14.6 Å². The first-order valence-electron chi connectivity index (χ1n) is 18.7. The van der Waals surface area contributed by atoms with Crippen LogP contribution in [0.25, 0.3) is 32.9 Å². The summed E-state index contributed by atoms with van der Waals surface area (Å²) in [7, 11) is -0.643. The van der Waals surface area contributed by atoms with Crippen LogP contribution in [0.5, 0.6) is 11.8 Å². The largest absolute Gasteiger partial charge is 0.508 e. The Bertz CT molecular complexity index is 2070. The Hall–Kier alpha value is -3.52. The summed E-state index contributed by atoms with van der Waals surface area (Å²) in [5.41, 5.74) is 0.839. The summed E-state index contributed by atoms with van der Waals surface area (Å²) in [4.78, 5) is 18.7. The van der Waals surface area contributed by atoms with E-state index < -0.39 is 28.5 Å². The van der Waals surface area contributed by atoms with Crippen LogP contribution in [0, 0.1) is 22.5 Å². The third kappa shape index (κ3) is 5.73. The molecule has 5 aliphatic rings. The highest BCUT2D eigenvalue weighted by molar-refractivity contribution is 7.86. The number of benzene rings is 2. The van der Waals surface area contributed by atoms with Crippen LogP contribution >= 0.6 is 0 Å². The molecule has 2 aromatic carbocycles. The highest BCUT2D eigenvalue weighted by Gasteiger charge is 2.58. The molecule has 9 rings (SSSR count). The maximum absolute atomic E-state index is 17.0. The number of hydrogen-bond donors (Lipinski definition) is 2. The molecule has 1 spiro atoms. The van der Waals surface area contributed by atoms with Crippen molar-refractivity contribution in [3.05, 3.63) is 47.7 Å². The molecule has 2 aliphatic carbocycles. The van der Waals surface area contributed by atoms with E-state index in [1.807, 2.05) is 11.8 Å². The molecule has 2 N–H and O–H groups in total. The van der Waals surface area contributed by atoms with Crippen LogP contribution in [-0.4, -0.2) is 103 Å². The number of phenols is 1. The summed E-state index contributed by atoms with van der Waals surface area (Å²) in [5.74, 6) is 0.871. The Morgan fingerprint density at radius 3 is 2.75 bits per heavy atom. The van der Waals surface area contributed by atoms with E-state index in [1.54, 1.807) is 6.07 Å². The number of aryl methyl sites for hydroxylation is 1. The summed E-state index contributed by atoms with van der Waals surface area (Å²) >= 11 is 0. The second-order valence-corrected chi connectivity index (χ2v) is 17.3. The molecule has 5 heterocycles. The molecule has 3 unspecified atom stereocenters. The Labute approximate surface area is 304 Å². The molecule has 3 aliphatic heterocycles. The zero-order valence-electron chi connectivity index (χ0n) is 29.5. The third-order valence-corrected chi connectivity index (χ3v) is 14.4. The van der Waals surface area contributed by atoms with E-state index in [-0.39, 0.29) is 47.1 Å². The molecule has 4 aromatic rings. The summed E-state index contributed by atoms with van der Waals surface area (Å²) < 4.78 is 56.2. The molecular formula is C39H45F2N5O5S. The van der Waals surface area contributed by atoms with Crippen molar-refractivity contribution >= 4 is 38.3 Å². The molecule has 276 valence electrons. The van der Waals surface area contributed by atoms with Crippen molar-refractivity contribution in [1.82, 2.24) is 19.9 Å². The van der Waals surface area contributed by atoms with E-state index in [4.69, 9.17) is 19.4 Å². The minimum atomic E-state index is -0.771. The van der Waals surface area contributed by atoms with Gasteiger partial charge in [-0.15, -0.1) is 0 Å². The number of phenolic OH excluding ortho intramolecular Hbond substituents is 1. The van der Waals surface area contributed by atoms with Gasteiger partial charge in [-0.1, -0.05) is 19.4 Å². The zero-order valence-corrected chi connectivity index (χ0v) is 30.3. The first-order chi connectivity index (χ1) is 25.2. The highest BCUT2D eigenvalue weighted by Crippen LogP contribution is 2.55. The van der Waals surface area contributed by atoms with Crippen LogP contribution in [-0.2, 0) is 22.0 Å². The van der Waals surface area contributed by atoms with E-state index in [0.717, 1.165) is 63.0 Å². The number of aliphatic hydroxyl groups excluding tert-OH is 1. The third-order valence-electron chi connectivity index (χ3n) is 12.5. The summed E-state index contributed by atoms with van der Waals surface area (Å²) in [6, 6.07) is 6.85. The number of ether oxygens (including phenoxy) is 2. The first-order valence-corrected chi connectivity index (χ1v) is 20.2. The second kappa shape index (κ2) is 13.1. The van der Waals surface area contributed by atoms with Gasteiger partial charge in [-0.05, 0) is 91.4 Å². The molecular weight excluding hydrogens is 689 g/mol. The molecule has 2 saturated carbocycles. The van der Waals surface area contributed by atoms with Gasteiger partial charge in [-0.3, -0.25) is 14.1 Å². The Kier molecular flexibility index (Phi) is 8.63. The number of pyridine rings is 1. The number of aromatic nitrogens is 3. The van der Waals surface area contributed by atoms with E-state index in [9.17, 15) is 14.4 Å². The van der Waals surface area contributed by atoms with E-state index in [2.05, 4.69) is 9.88 Å². The number of likely N-dealkylation sites (tertiary alicyclic amines) is 1. The van der Waals surface area contributed by atoms with Crippen molar-refractivity contribution in [2.24, 2.45) is 10.8 Å². The normalized spacial score (nSPS) is 30.7. The number of anilines is 1. The van der Waals surface area contributed by atoms with Gasteiger partial charge in [0.05, 0.1) is 31.3 Å². The van der Waals surface area contributed by atoms with Crippen LogP contribution in [0.2, 0.25) is 0 Å². The van der Waals surface area contributed by atoms with Crippen molar-refractivity contribution in [1.29, 1.82) is 0 Å². The molecule has 3 saturated heterocycles. The molecule has 2 aromatic heterocycles. The minimum Gasteiger partial charge on any atom is -0.508 e. The fourth-order valence-electron chi connectivity index (χ4n) is 10.2. The van der Waals surface area contributed by atoms with Crippen molar-refractivity contribution in [3.63, 3.8) is 0 Å². The molecule has 13 heteroatoms. The number of nitrogens with zero attached hydrogens (tertiary/aromatic N) is 5. The number of rotatable bonds is 7. The Morgan fingerprint density at radius 2 is 1.94 bits per heavy atom. The number of aliphatic hydroxyl groups is 1. The van der Waals surface area contributed by atoms with Gasteiger partial charge in [0.15, 0.2) is 5.82 Å². The predicted molar refractivity (Wildman–Crippen MR) is 195 cm³/mol. The maximum Gasteiger partial charge on any atom is 0.319 e. The first kappa shape index (κ1) is 34.3. The lowest BCUT2D eigenvalue weighted by Gasteiger charge is -2.60. The Morgan fingerprint density at radius 1 is 1.12 bits per heavy atom.